The van der Waals surface area contributed by atoms with Crippen LogP contribution in [0.1, 0.15) is 55.8 Å². The zero-order valence-corrected chi connectivity index (χ0v) is 15.4. The van der Waals surface area contributed by atoms with Crippen LogP contribution in [0.25, 0.3) is 0 Å². The van der Waals surface area contributed by atoms with Crippen molar-refractivity contribution >= 4 is 17.7 Å². The Bertz CT molecular complexity index is 647. The van der Waals surface area contributed by atoms with Crippen molar-refractivity contribution in [1.29, 1.82) is 0 Å². The molecule has 6 nitrogen and oxygen atoms in total. The van der Waals surface area contributed by atoms with Gasteiger partial charge in [-0.2, -0.15) is 0 Å². The number of ether oxygens (including phenoxy) is 1. The molecule has 1 saturated heterocycles. The minimum atomic E-state index is -0.614. The lowest BCUT2D eigenvalue weighted by atomic mass is 9.78. The van der Waals surface area contributed by atoms with Crippen LogP contribution >= 0.6 is 0 Å². The molecule has 1 saturated carbocycles. The van der Waals surface area contributed by atoms with Crippen molar-refractivity contribution < 1.29 is 19.4 Å². The molecule has 1 heterocycles. The lowest BCUT2D eigenvalue weighted by Gasteiger charge is -2.41. The molecule has 2 N–H and O–H groups in total. The number of piperidine rings is 1. The number of nitrogens with one attached hydrogen (secondary N) is 1. The maximum absolute atomic E-state index is 12.5. The van der Waals surface area contributed by atoms with Gasteiger partial charge in [-0.3, -0.25) is 0 Å². The van der Waals surface area contributed by atoms with Crippen LogP contribution in [0, 0.1) is 5.92 Å². The van der Waals surface area contributed by atoms with Crippen molar-refractivity contribution in [3.63, 3.8) is 0 Å². The van der Waals surface area contributed by atoms with Crippen LogP contribution in [0.3, 0.4) is 0 Å². The number of amides is 2. The van der Waals surface area contributed by atoms with Crippen LogP contribution < -0.4 is 5.32 Å². The van der Waals surface area contributed by atoms with Gasteiger partial charge >= 0.3 is 12.0 Å². The molecular weight excluding hydrogens is 332 g/mol. The molecule has 0 spiro atoms. The molecule has 0 aromatic heterocycles. The van der Waals surface area contributed by atoms with Crippen molar-refractivity contribution in [3.8, 4) is 0 Å². The number of carbonyl (C=O) groups is 2. The van der Waals surface area contributed by atoms with E-state index in [1.165, 1.54) is 12.8 Å². The van der Waals surface area contributed by atoms with E-state index in [-0.39, 0.29) is 6.03 Å². The number of rotatable bonds is 4. The normalized spacial score (nSPS) is 20.0. The Labute approximate surface area is 154 Å². The molecule has 142 valence electrons. The molecule has 0 unspecified atom stereocenters. The Morgan fingerprint density at radius 3 is 2.62 bits per heavy atom. The first kappa shape index (κ1) is 18.7. The highest BCUT2D eigenvalue weighted by molar-refractivity contribution is 5.94. The predicted molar refractivity (Wildman–Crippen MR) is 99.1 cm³/mol. The van der Waals surface area contributed by atoms with Crippen LogP contribution in [-0.2, 0) is 4.74 Å². The van der Waals surface area contributed by atoms with Gasteiger partial charge in [0, 0.05) is 18.8 Å². The van der Waals surface area contributed by atoms with Crippen molar-refractivity contribution in [2.24, 2.45) is 5.92 Å². The van der Waals surface area contributed by atoms with E-state index in [4.69, 9.17) is 4.74 Å². The monoisotopic (exact) mass is 360 g/mol. The number of hydrogen-bond acceptors (Lipinski definition) is 4. The third kappa shape index (κ3) is 4.18. The van der Waals surface area contributed by atoms with Crippen LogP contribution in [-0.4, -0.2) is 47.3 Å². The molecule has 1 aliphatic carbocycles. The van der Waals surface area contributed by atoms with Crippen molar-refractivity contribution in [2.45, 2.75) is 51.0 Å². The average molecular weight is 360 g/mol. The molecule has 26 heavy (non-hydrogen) atoms. The van der Waals surface area contributed by atoms with Gasteiger partial charge in [0.1, 0.15) is 0 Å². The van der Waals surface area contributed by atoms with Gasteiger partial charge in [-0.25, -0.2) is 9.59 Å². The number of nitrogens with zero attached hydrogens (tertiary/aromatic N) is 1. The summed E-state index contributed by atoms with van der Waals surface area (Å²) < 4.78 is 4.99. The van der Waals surface area contributed by atoms with Gasteiger partial charge in [0.2, 0.25) is 0 Å². The zero-order chi connectivity index (χ0) is 18.6. The number of carbonyl (C=O) groups excluding carboxylic acids is 2. The molecule has 1 aromatic rings. The fourth-order valence-corrected chi connectivity index (χ4v) is 4.11. The molecule has 3 rings (SSSR count). The topological polar surface area (TPSA) is 78.9 Å². The summed E-state index contributed by atoms with van der Waals surface area (Å²) in [6.45, 7) is 3.17. The molecule has 1 aromatic carbocycles. The quantitative estimate of drug-likeness (QED) is 0.807. The summed E-state index contributed by atoms with van der Waals surface area (Å²) >= 11 is 0. The van der Waals surface area contributed by atoms with E-state index in [1.54, 1.807) is 36.1 Å². The molecule has 0 radical (unpaired) electrons. The second kappa shape index (κ2) is 8.08. The maximum atomic E-state index is 12.5. The van der Waals surface area contributed by atoms with Crippen LogP contribution in [0.15, 0.2) is 24.3 Å². The molecule has 1 aliphatic heterocycles. The largest absolute Gasteiger partial charge is 0.462 e. The van der Waals surface area contributed by atoms with Crippen molar-refractivity contribution in [2.75, 3.05) is 25.0 Å². The summed E-state index contributed by atoms with van der Waals surface area (Å²) in [5, 5.41) is 13.7. The third-order valence-electron chi connectivity index (χ3n) is 5.66. The van der Waals surface area contributed by atoms with Crippen LogP contribution in [0.2, 0.25) is 0 Å². The van der Waals surface area contributed by atoms with Crippen LogP contribution in [0.4, 0.5) is 10.5 Å². The number of hydrogen-bond donors (Lipinski definition) is 2. The predicted octanol–water partition coefficient (Wildman–Crippen LogP) is 3.41. The molecular formula is C20H28N2O4. The summed E-state index contributed by atoms with van der Waals surface area (Å²) in [5.41, 5.74) is 0.369. The Morgan fingerprint density at radius 1 is 1.27 bits per heavy atom. The highest BCUT2D eigenvalue weighted by atomic mass is 16.5. The second-order valence-electron chi connectivity index (χ2n) is 7.30. The lowest BCUT2D eigenvalue weighted by molar-refractivity contribution is -0.0574. The Morgan fingerprint density at radius 2 is 1.96 bits per heavy atom. The van der Waals surface area contributed by atoms with Gasteiger partial charge in [-0.15, -0.1) is 0 Å². The SMILES string of the molecule is CCOC(=O)c1cccc(NC(=O)N2CCC(O)(C3CCCC3)CC2)c1. The lowest BCUT2D eigenvalue weighted by Crippen LogP contribution is -2.50. The summed E-state index contributed by atoms with van der Waals surface area (Å²) in [7, 11) is 0. The van der Waals surface area contributed by atoms with Crippen molar-refractivity contribution in [3.05, 3.63) is 29.8 Å². The molecule has 0 atom stereocenters. The standard InChI is InChI=1S/C20H28N2O4/c1-2-26-18(23)15-6-5-9-17(14-15)21-19(24)22-12-10-20(25,11-13-22)16-7-3-4-8-16/h5-6,9,14,16,25H,2-4,7-8,10-13H2,1H3,(H,21,24). The number of anilines is 1. The first-order valence-corrected chi connectivity index (χ1v) is 9.57. The minimum absolute atomic E-state index is 0.195. The highest BCUT2D eigenvalue weighted by Gasteiger charge is 2.41. The van der Waals surface area contributed by atoms with E-state index in [9.17, 15) is 14.7 Å². The smallest absolute Gasteiger partial charge is 0.338 e. The fraction of sp³-hybridized carbons (Fsp3) is 0.600. The Kier molecular flexibility index (Phi) is 5.81. The van der Waals surface area contributed by atoms with Gasteiger partial charge in [0.25, 0.3) is 0 Å². The molecule has 6 heteroatoms. The number of urea groups is 1. The summed E-state index contributed by atoms with van der Waals surface area (Å²) in [4.78, 5) is 26.1. The first-order valence-electron chi connectivity index (χ1n) is 9.57. The minimum Gasteiger partial charge on any atom is -0.462 e. The molecule has 0 bridgehead atoms. The Balaban J connectivity index is 1.56. The van der Waals surface area contributed by atoms with Gasteiger partial charge < -0.3 is 20.1 Å². The van der Waals surface area contributed by atoms with Gasteiger partial charge in [-0.1, -0.05) is 18.9 Å². The van der Waals surface area contributed by atoms with E-state index < -0.39 is 11.6 Å². The van der Waals surface area contributed by atoms with Crippen LogP contribution in [0.5, 0.6) is 0 Å². The van der Waals surface area contributed by atoms with Crippen molar-refractivity contribution in [1.82, 2.24) is 4.90 Å². The second-order valence-corrected chi connectivity index (χ2v) is 7.30. The number of benzene rings is 1. The maximum Gasteiger partial charge on any atom is 0.338 e. The van der Waals surface area contributed by atoms with E-state index >= 15 is 0 Å². The number of aliphatic hydroxyl groups is 1. The molecule has 2 fully saturated rings. The molecule has 2 amide bonds. The van der Waals surface area contributed by atoms with Gasteiger partial charge in [-0.05, 0) is 56.7 Å². The molecule has 2 aliphatic rings. The first-order chi connectivity index (χ1) is 12.5. The summed E-state index contributed by atoms with van der Waals surface area (Å²) in [6.07, 6.45) is 5.87. The summed E-state index contributed by atoms with van der Waals surface area (Å²) in [5.74, 6) is -0.0165. The highest BCUT2D eigenvalue weighted by Crippen LogP contribution is 2.40. The Hall–Kier alpha value is -2.08. The average Bonchev–Trinajstić information content (AvgIpc) is 3.18. The zero-order valence-electron chi connectivity index (χ0n) is 15.4. The van der Waals surface area contributed by atoms with Gasteiger partial charge in [0.05, 0.1) is 17.8 Å². The third-order valence-corrected chi connectivity index (χ3v) is 5.66. The van der Waals surface area contributed by atoms with Gasteiger partial charge in [0.15, 0.2) is 0 Å². The number of likely N-dealkylation sites (tertiary alicyclic amines) is 1. The van der Waals surface area contributed by atoms with E-state index in [0.29, 0.717) is 49.7 Å². The fourth-order valence-electron chi connectivity index (χ4n) is 4.11. The summed E-state index contributed by atoms with van der Waals surface area (Å²) in [6, 6.07) is 6.56. The van der Waals surface area contributed by atoms with E-state index in [2.05, 4.69) is 5.32 Å². The van der Waals surface area contributed by atoms with E-state index in [0.717, 1.165) is 12.8 Å². The van der Waals surface area contributed by atoms with E-state index in [1.807, 2.05) is 0 Å². The number of esters is 1.